The summed E-state index contributed by atoms with van der Waals surface area (Å²) in [5.74, 6) is 1.33. The summed E-state index contributed by atoms with van der Waals surface area (Å²) in [6.07, 6.45) is 3.82. The van der Waals surface area contributed by atoms with Crippen molar-refractivity contribution in [1.29, 1.82) is 0 Å². The van der Waals surface area contributed by atoms with E-state index < -0.39 is 10.0 Å². The molecule has 116 valence electrons. The second-order valence-electron chi connectivity index (χ2n) is 4.94. The Balaban J connectivity index is 1.89. The van der Waals surface area contributed by atoms with E-state index in [0.717, 1.165) is 5.82 Å². The van der Waals surface area contributed by atoms with Crippen LogP contribution in [-0.4, -0.2) is 31.0 Å². The molecule has 7 nitrogen and oxygen atoms in total. The number of imidazole rings is 1. The Labute approximate surface area is 124 Å². The Morgan fingerprint density at radius 1 is 1.38 bits per heavy atom. The van der Waals surface area contributed by atoms with Crippen LogP contribution < -0.4 is 10.0 Å². The van der Waals surface area contributed by atoms with Crippen molar-refractivity contribution >= 4 is 10.0 Å². The van der Waals surface area contributed by atoms with E-state index in [2.05, 4.69) is 20.0 Å². The second-order valence-corrected chi connectivity index (χ2v) is 6.64. The Bertz CT molecular complexity index is 647. The van der Waals surface area contributed by atoms with E-state index in [1.54, 1.807) is 18.5 Å². The van der Waals surface area contributed by atoms with Crippen LogP contribution in [0.3, 0.4) is 0 Å². The molecular formula is C13H20N4O3S. The van der Waals surface area contributed by atoms with Crippen molar-refractivity contribution in [2.24, 2.45) is 0 Å². The lowest BCUT2D eigenvalue weighted by molar-refractivity contribution is 0.393. The van der Waals surface area contributed by atoms with E-state index in [1.165, 1.54) is 6.07 Å². The van der Waals surface area contributed by atoms with E-state index in [-0.39, 0.29) is 11.6 Å². The fourth-order valence-electron chi connectivity index (χ4n) is 1.71. The van der Waals surface area contributed by atoms with Gasteiger partial charge >= 0.3 is 0 Å². The van der Waals surface area contributed by atoms with Gasteiger partial charge in [-0.3, -0.25) is 0 Å². The number of hydrogen-bond donors (Lipinski definition) is 3. The van der Waals surface area contributed by atoms with Gasteiger partial charge in [0.15, 0.2) is 0 Å². The monoisotopic (exact) mass is 312 g/mol. The number of H-pyrrole nitrogens is 1. The van der Waals surface area contributed by atoms with Gasteiger partial charge in [-0.05, 0) is 12.1 Å². The molecule has 2 heterocycles. The first kappa shape index (κ1) is 15.7. The number of nitrogens with one attached hydrogen (secondary N) is 3. The first-order chi connectivity index (χ1) is 9.97. The standard InChI is InChI=1S/C13H20N4O3S/c1-10(2)16-9-11-3-4-13(20-11)21(18,19)17-6-5-12-14-7-8-15-12/h3-4,7-8,10,16-17H,5-6,9H2,1-2H3,(H,14,15). The van der Waals surface area contributed by atoms with Crippen molar-refractivity contribution in [3.63, 3.8) is 0 Å². The number of aromatic nitrogens is 2. The first-order valence-electron chi connectivity index (χ1n) is 6.77. The molecule has 2 rings (SSSR count). The van der Waals surface area contributed by atoms with E-state index >= 15 is 0 Å². The van der Waals surface area contributed by atoms with Crippen LogP contribution in [0.15, 0.2) is 34.0 Å². The molecular weight excluding hydrogens is 292 g/mol. The quantitative estimate of drug-likeness (QED) is 0.676. The molecule has 0 aromatic carbocycles. The molecule has 0 saturated carbocycles. The highest BCUT2D eigenvalue weighted by Crippen LogP contribution is 2.13. The molecule has 0 saturated heterocycles. The molecule has 0 fully saturated rings. The van der Waals surface area contributed by atoms with E-state index in [1.807, 2.05) is 13.8 Å². The van der Waals surface area contributed by atoms with Crippen molar-refractivity contribution in [3.05, 3.63) is 36.1 Å². The first-order valence-corrected chi connectivity index (χ1v) is 8.26. The maximum Gasteiger partial charge on any atom is 0.273 e. The van der Waals surface area contributed by atoms with Gasteiger partial charge in [0.05, 0.1) is 6.54 Å². The number of hydrogen-bond acceptors (Lipinski definition) is 5. The molecule has 0 aliphatic rings. The van der Waals surface area contributed by atoms with Crippen molar-refractivity contribution in [3.8, 4) is 0 Å². The van der Waals surface area contributed by atoms with Gasteiger partial charge in [0, 0.05) is 31.4 Å². The highest BCUT2D eigenvalue weighted by molar-refractivity contribution is 7.89. The summed E-state index contributed by atoms with van der Waals surface area (Å²) in [4.78, 5) is 6.95. The van der Waals surface area contributed by atoms with Gasteiger partial charge in [0.25, 0.3) is 10.0 Å². The average molecular weight is 312 g/mol. The largest absolute Gasteiger partial charge is 0.447 e. The Hall–Kier alpha value is -1.64. The third-order valence-corrected chi connectivity index (χ3v) is 4.13. The van der Waals surface area contributed by atoms with Gasteiger partial charge in [-0.15, -0.1) is 0 Å². The summed E-state index contributed by atoms with van der Waals surface area (Å²) in [7, 11) is -3.62. The molecule has 2 aromatic heterocycles. The maximum absolute atomic E-state index is 12.1. The normalized spacial score (nSPS) is 12.1. The Morgan fingerprint density at radius 2 is 2.19 bits per heavy atom. The number of nitrogens with zero attached hydrogens (tertiary/aromatic N) is 1. The van der Waals surface area contributed by atoms with Crippen molar-refractivity contribution in [2.45, 2.75) is 37.9 Å². The van der Waals surface area contributed by atoms with Crippen molar-refractivity contribution < 1.29 is 12.8 Å². The van der Waals surface area contributed by atoms with Crippen LogP contribution in [0.25, 0.3) is 0 Å². The molecule has 2 aromatic rings. The summed E-state index contributed by atoms with van der Waals surface area (Å²) in [6.45, 7) is 4.78. The number of aromatic amines is 1. The number of furan rings is 1. The fourth-order valence-corrected chi connectivity index (χ4v) is 2.69. The van der Waals surface area contributed by atoms with Crippen LogP contribution in [0.2, 0.25) is 0 Å². The van der Waals surface area contributed by atoms with Gasteiger partial charge < -0.3 is 14.7 Å². The summed E-state index contributed by atoms with van der Waals surface area (Å²) in [5.41, 5.74) is 0. The maximum atomic E-state index is 12.1. The van der Waals surface area contributed by atoms with Gasteiger partial charge in [-0.2, -0.15) is 0 Å². The Morgan fingerprint density at radius 3 is 2.86 bits per heavy atom. The van der Waals surface area contributed by atoms with Crippen LogP contribution in [0.5, 0.6) is 0 Å². The smallest absolute Gasteiger partial charge is 0.273 e. The van der Waals surface area contributed by atoms with Crippen LogP contribution >= 0.6 is 0 Å². The molecule has 0 spiro atoms. The average Bonchev–Trinajstić information content (AvgIpc) is 3.07. The minimum atomic E-state index is -3.62. The SMILES string of the molecule is CC(C)NCc1ccc(S(=O)(=O)NCCc2ncc[nH]2)o1. The van der Waals surface area contributed by atoms with E-state index in [4.69, 9.17) is 4.42 Å². The van der Waals surface area contributed by atoms with Crippen LogP contribution in [-0.2, 0) is 23.0 Å². The van der Waals surface area contributed by atoms with Gasteiger partial charge in [-0.25, -0.2) is 18.1 Å². The summed E-state index contributed by atoms with van der Waals surface area (Å²) in [5, 5.41) is 3.10. The second kappa shape index (κ2) is 6.88. The lowest BCUT2D eigenvalue weighted by Gasteiger charge is -2.05. The molecule has 21 heavy (non-hydrogen) atoms. The zero-order valence-corrected chi connectivity index (χ0v) is 12.9. The van der Waals surface area contributed by atoms with Gasteiger partial charge in [0.2, 0.25) is 5.09 Å². The summed E-state index contributed by atoms with van der Waals surface area (Å²) < 4.78 is 32.0. The molecule has 8 heteroatoms. The van der Waals surface area contributed by atoms with Crippen molar-refractivity contribution in [2.75, 3.05) is 6.54 Å². The molecule has 0 aliphatic heterocycles. The summed E-state index contributed by atoms with van der Waals surface area (Å²) >= 11 is 0. The highest BCUT2D eigenvalue weighted by Gasteiger charge is 2.18. The zero-order valence-electron chi connectivity index (χ0n) is 12.1. The third kappa shape index (κ3) is 4.69. The van der Waals surface area contributed by atoms with E-state index in [0.29, 0.717) is 24.8 Å². The molecule has 0 amide bonds. The van der Waals surface area contributed by atoms with E-state index in [9.17, 15) is 8.42 Å². The molecule has 3 N–H and O–H groups in total. The van der Waals surface area contributed by atoms with Crippen LogP contribution in [0.4, 0.5) is 0 Å². The van der Waals surface area contributed by atoms with Crippen LogP contribution in [0, 0.1) is 0 Å². The van der Waals surface area contributed by atoms with Crippen LogP contribution in [0.1, 0.15) is 25.4 Å². The number of rotatable bonds is 8. The molecule has 0 unspecified atom stereocenters. The molecule has 0 radical (unpaired) electrons. The minimum absolute atomic E-state index is 0.0671. The fraction of sp³-hybridized carbons (Fsp3) is 0.462. The van der Waals surface area contributed by atoms with Crippen molar-refractivity contribution in [1.82, 2.24) is 20.0 Å². The van der Waals surface area contributed by atoms with Gasteiger partial charge in [0.1, 0.15) is 11.6 Å². The highest BCUT2D eigenvalue weighted by atomic mass is 32.2. The molecule has 0 bridgehead atoms. The lowest BCUT2D eigenvalue weighted by atomic mass is 10.3. The molecule has 0 aliphatic carbocycles. The molecule has 0 atom stereocenters. The lowest BCUT2D eigenvalue weighted by Crippen LogP contribution is -2.26. The topological polar surface area (TPSA) is 100 Å². The zero-order chi connectivity index (χ0) is 15.3. The predicted octanol–water partition coefficient (Wildman–Crippen LogP) is 1.02. The van der Waals surface area contributed by atoms with Gasteiger partial charge in [-0.1, -0.05) is 13.8 Å². The summed E-state index contributed by atoms with van der Waals surface area (Å²) in [6, 6.07) is 3.44. The minimum Gasteiger partial charge on any atom is -0.447 e. The predicted molar refractivity (Wildman–Crippen MR) is 78.2 cm³/mol. The number of sulfonamides is 1. The third-order valence-electron chi connectivity index (χ3n) is 2.80. The Kier molecular flexibility index (Phi) is 5.16.